The van der Waals surface area contributed by atoms with Gasteiger partial charge in [0.25, 0.3) is 5.91 Å². The second-order valence-corrected chi connectivity index (χ2v) is 4.75. The van der Waals surface area contributed by atoms with Crippen LogP contribution in [0.25, 0.3) is 0 Å². The lowest BCUT2D eigenvalue weighted by Crippen LogP contribution is -2.12. The van der Waals surface area contributed by atoms with Crippen LogP contribution in [0.4, 0.5) is 5.69 Å². The number of carbonyl (C=O) groups excluding carboxylic acids is 1. The summed E-state index contributed by atoms with van der Waals surface area (Å²) in [5.41, 5.74) is 1.48. The standard InChI is InChI=1S/C13H10Cl2N2O2/c1-7-2-3-9(10(18)4-7)16-13(19)8-5-11(14)17-12(15)6-8/h2-6,18H,1H3,(H,16,19). The van der Waals surface area contributed by atoms with Gasteiger partial charge in [0.2, 0.25) is 0 Å². The number of nitrogens with zero attached hydrogens (tertiary/aromatic N) is 1. The van der Waals surface area contributed by atoms with Gasteiger partial charge in [-0.15, -0.1) is 0 Å². The number of hydrogen-bond donors (Lipinski definition) is 2. The highest BCUT2D eigenvalue weighted by Gasteiger charge is 2.11. The Hall–Kier alpha value is -1.78. The molecular formula is C13H10Cl2N2O2. The molecule has 2 aromatic rings. The van der Waals surface area contributed by atoms with Crippen molar-refractivity contribution < 1.29 is 9.90 Å². The number of amides is 1. The minimum atomic E-state index is -0.426. The maximum atomic E-state index is 12.0. The molecule has 0 saturated carbocycles. The molecule has 2 N–H and O–H groups in total. The number of aromatic hydroxyl groups is 1. The van der Waals surface area contributed by atoms with Crippen molar-refractivity contribution in [3.8, 4) is 5.75 Å². The van der Waals surface area contributed by atoms with Crippen molar-refractivity contribution in [3.63, 3.8) is 0 Å². The Morgan fingerprint density at radius 1 is 1.21 bits per heavy atom. The van der Waals surface area contributed by atoms with Gasteiger partial charge >= 0.3 is 0 Å². The number of carbonyl (C=O) groups is 1. The zero-order chi connectivity index (χ0) is 14.0. The van der Waals surface area contributed by atoms with Crippen molar-refractivity contribution in [2.45, 2.75) is 6.92 Å². The van der Waals surface area contributed by atoms with Crippen LogP contribution in [0.5, 0.6) is 5.75 Å². The molecule has 0 radical (unpaired) electrons. The molecule has 98 valence electrons. The third-order valence-corrected chi connectivity index (χ3v) is 2.81. The van der Waals surface area contributed by atoms with Crippen LogP contribution in [0.15, 0.2) is 30.3 Å². The number of nitrogens with one attached hydrogen (secondary N) is 1. The fourth-order valence-corrected chi connectivity index (χ4v) is 2.00. The predicted octanol–water partition coefficient (Wildman–Crippen LogP) is 3.65. The molecule has 0 atom stereocenters. The van der Waals surface area contributed by atoms with E-state index in [2.05, 4.69) is 10.3 Å². The Balaban J connectivity index is 2.25. The lowest BCUT2D eigenvalue weighted by Gasteiger charge is -2.08. The van der Waals surface area contributed by atoms with Crippen molar-refractivity contribution in [2.24, 2.45) is 0 Å². The minimum Gasteiger partial charge on any atom is -0.506 e. The second-order valence-electron chi connectivity index (χ2n) is 3.98. The fourth-order valence-electron chi connectivity index (χ4n) is 1.54. The van der Waals surface area contributed by atoms with Gasteiger partial charge in [0.1, 0.15) is 16.1 Å². The van der Waals surface area contributed by atoms with Gasteiger partial charge in [0.05, 0.1) is 5.69 Å². The summed E-state index contributed by atoms with van der Waals surface area (Å²) in [4.78, 5) is 15.7. The molecule has 0 saturated heterocycles. The van der Waals surface area contributed by atoms with E-state index in [1.54, 1.807) is 18.2 Å². The second kappa shape index (κ2) is 5.47. The maximum absolute atomic E-state index is 12.0. The van der Waals surface area contributed by atoms with Gasteiger partial charge < -0.3 is 10.4 Å². The van der Waals surface area contributed by atoms with Crippen LogP contribution in [0.1, 0.15) is 15.9 Å². The third-order valence-electron chi connectivity index (χ3n) is 2.43. The molecule has 0 unspecified atom stereocenters. The van der Waals surface area contributed by atoms with Gasteiger partial charge in [-0.05, 0) is 36.8 Å². The van der Waals surface area contributed by atoms with Gasteiger partial charge in [-0.25, -0.2) is 4.98 Å². The van der Waals surface area contributed by atoms with Gasteiger partial charge in [-0.2, -0.15) is 0 Å². The van der Waals surface area contributed by atoms with E-state index in [9.17, 15) is 9.90 Å². The molecule has 0 fully saturated rings. The number of phenols is 1. The summed E-state index contributed by atoms with van der Waals surface area (Å²) >= 11 is 11.4. The van der Waals surface area contributed by atoms with Crippen LogP contribution in [-0.2, 0) is 0 Å². The normalized spacial score (nSPS) is 10.3. The molecule has 6 heteroatoms. The summed E-state index contributed by atoms with van der Waals surface area (Å²) in [5, 5.41) is 12.6. The van der Waals surface area contributed by atoms with Crippen LogP contribution >= 0.6 is 23.2 Å². The van der Waals surface area contributed by atoms with Gasteiger partial charge in [-0.1, -0.05) is 29.3 Å². The Morgan fingerprint density at radius 3 is 2.42 bits per heavy atom. The molecule has 1 aromatic carbocycles. The number of benzene rings is 1. The molecular weight excluding hydrogens is 287 g/mol. The first-order valence-electron chi connectivity index (χ1n) is 5.40. The summed E-state index contributed by atoms with van der Waals surface area (Å²) in [7, 11) is 0. The van der Waals surface area contributed by atoms with Crippen molar-refractivity contribution in [3.05, 3.63) is 51.8 Å². The van der Waals surface area contributed by atoms with E-state index in [1.165, 1.54) is 12.1 Å². The van der Waals surface area contributed by atoms with Crippen molar-refractivity contribution >= 4 is 34.8 Å². The summed E-state index contributed by atoms with van der Waals surface area (Å²) < 4.78 is 0. The molecule has 1 aromatic heterocycles. The first-order valence-corrected chi connectivity index (χ1v) is 6.15. The highest BCUT2D eigenvalue weighted by atomic mass is 35.5. The Bertz CT molecular complexity index is 624. The van der Waals surface area contributed by atoms with E-state index >= 15 is 0 Å². The van der Waals surface area contributed by atoms with Crippen LogP contribution in [0.3, 0.4) is 0 Å². The number of halogens is 2. The smallest absolute Gasteiger partial charge is 0.255 e. The number of aromatic nitrogens is 1. The highest BCUT2D eigenvalue weighted by Crippen LogP contribution is 2.25. The molecule has 1 amide bonds. The summed E-state index contributed by atoms with van der Waals surface area (Å²) in [6.07, 6.45) is 0. The molecule has 4 nitrogen and oxygen atoms in total. The molecule has 0 spiro atoms. The lowest BCUT2D eigenvalue weighted by atomic mass is 10.2. The van der Waals surface area contributed by atoms with Gasteiger partial charge in [0.15, 0.2) is 0 Å². The van der Waals surface area contributed by atoms with Gasteiger partial charge in [-0.3, -0.25) is 4.79 Å². The molecule has 1 heterocycles. The van der Waals surface area contributed by atoms with Gasteiger partial charge in [0, 0.05) is 5.56 Å². The zero-order valence-electron chi connectivity index (χ0n) is 9.95. The molecule has 0 aliphatic rings. The Labute approximate surface area is 120 Å². The van der Waals surface area contributed by atoms with Crippen LogP contribution in [0.2, 0.25) is 10.3 Å². The van der Waals surface area contributed by atoms with E-state index in [0.717, 1.165) is 5.56 Å². The van der Waals surface area contributed by atoms with E-state index in [4.69, 9.17) is 23.2 Å². The van der Waals surface area contributed by atoms with Crippen LogP contribution < -0.4 is 5.32 Å². The number of anilines is 1. The SMILES string of the molecule is Cc1ccc(NC(=O)c2cc(Cl)nc(Cl)c2)c(O)c1. The molecule has 19 heavy (non-hydrogen) atoms. The quantitative estimate of drug-likeness (QED) is 0.657. The van der Waals surface area contributed by atoms with Crippen LogP contribution in [0, 0.1) is 6.92 Å². The van der Waals surface area contributed by atoms with E-state index in [1.807, 2.05) is 6.92 Å². The van der Waals surface area contributed by atoms with E-state index in [-0.39, 0.29) is 21.6 Å². The Kier molecular flexibility index (Phi) is 3.93. The number of pyridine rings is 1. The number of rotatable bonds is 2. The van der Waals surface area contributed by atoms with Crippen molar-refractivity contribution in [2.75, 3.05) is 5.32 Å². The highest BCUT2D eigenvalue weighted by molar-refractivity contribution is 6.33. The molecule has 0 bridgehead atoms. The maximum Gasteiger partial charge on any atom is 0.255 e. The molecule has 0 aliphatic heterocycles. The minimum absolute atomic E-state index is 0.000370. The lowest BCUT2D eigenvalue weighted by molar-refractivity contribution is 0.102. The fraction of sp³-hybridized carbons (Fsp3) is 0.0769. The average molecular weight is 297 g/mol. The largest absolute Gasteiger partial charge is 0.506 e. The first kappa shape index (κ1) is 13.6. The Morgan fingerprint density at radius 2 is 1.84 bits per heavy atom. The van der Waals surface area contributed by atoms with Crippen molar-refractivity contribution in [1.82, 2.24) is 4.98 Å². The molecule has 2 rings (SSSR count). The number of hydrogen-bond acceptors (Lipinski definition) is 3. The average Bonchev–Trinajstić information content (AvgIpc) is 2.31. The van der Waals surface area contributed by atoms with E-state index in [0.29, 0.717) is 5.69 Å². The van der Waals surface area contributed by atoms with Crippen LogP contribution in [-0.4, -0.2) is 16.0 Å². The number of aryl methyl sites for hydroxylation is 1. The third kappa shape index (κ3) is 3.36. The summed E-state index contributed by atoms with van der Waals surface area (Å²) in [6.45, 7) is 1.84. The predicted molar refractivity (Wildman–Crippen MR) is 75.1 cm³/mol. The van der Waals surface area contributed by atoms with E-state index < -0.39 is 5.91 Å². The first-order chi connectivity index (χ1) is 8.95. The topological polar surface area (TPSA) is 62.2 Å². The van der Waals surface area contributed by atoms with Crippen molar-refractivity contribution in [1.29, 1.82) is 0 Å². The number of phenolic OH excluding ortho intramolecular Hbond substituents is 1. The zero-order valence-corrected chi connectivity index (χ0v) is 11.5. The summed E-state index contributed by atoms with van der Waals surface area (Å²) in [6, 6.07) is 7.75. The monoisotopic (exact) mass is 296 g/mol. The molecule has 0 aliphatic carbocycles. The summed E-state index contributed by atoms with van der Waals surface area (Å²) in [5.74, 6) is -0.426.